The van der Waals surface area contributed by atoms with Crippen LogP contribution < -0.4 is 4.74 Å². The zero-order chi connectivity index (χ0) is 13.7. The first-order chi connectivity index (χ1) is 9.16. The van der Waals surface area contributed by atoms with E-state index in [2.05, 4.69) is 0 Å². The van der Waals surface area contributed by atoms with E-state index < -0.39 is 0 Å². The van der Waals surface area contributed by atoms with Crippen LogP contribution in [-0.2, 0) is 11.2 Å². The van der Waals surface area contributed by atoms with Crippen molar-refractivity contribution in [2.24, 2.45) is 0 Å². The second-order valence-corrected chi connectivity index (χ2v) is 4.68. The number of carbonyl (C=O) groups is 1. The number of benzene rings is 2. The van der Waals surface area contributed by atoms with Gasteiger partial charge in [0, 0.05) is 6.42 Å². The van der Waals surface area contributed by atoms with Gasteiger partial charge in [0.05, 0.1) is 0 Å². The summed E-state index contributed by atoms with van der Waals surface area (Å²) in [6, 6.07) is 15.8. The lowest BCUT2D eigenvalue weighted by Crippen LogP contribution is -2.10. The normalized spacial score (nSPS) is 10.2. The zero-order valence-corrected chi connectivity index (χ0v) is 11.3. The summed E-state index contributed by atoms with van der Waals surface area (Å²) in [5, 5.41) is 0. The van der Waals surface area contributed by atoms with Crippen molar-refractivity contribution in [2.75, 3.05) is 0 Å². The van der Waals surface area contributed by atoms with Crippen molar-refractivity contribution in [3.05, 3.63) is 65.2 Å². The number of esters is 1. The molecule has 0 heterocycles. The third kappa shape index (κ3) is 3.68. The van der Waals surface area contributed by atoms with E-state index in [1.807, 2.05) is 62.4 Å². The molecule has 2 nitrogen and oxygen atoms in total. The van der Waals surface area contributed by atoms with Crippen LogP contribution in [0.3, 0.4) is 0 Å². The Morgan fingerprint density at radius 1 is 0.947 bits per heavy atom. The van der Waals surface area contributed by atoms with Gasteiger partial charge in [-0.2, -0.15) is 0 Å². The molecule has 0 atom stereocenters. The quantitative estimate of drug-likeness (QED) is 0.612. The van der Waals surface area contributed by atoms with Crippen LogP contribution in [0.25, 0.3) is 0 Å². The highest BCUT2D eigenvalue weighted by molar-refractivity contribution is 5.73. The Labute approximate surface area is 114 Å². The number of ether oxygens (including phenoxy) is 1. The Morgan fingerprint density at radius 2 is 1.58 bits per heavy atom. The van der Waals surface area contributed by atoms with Crippen LogP contribution in [0.4, 0.5) is 0 Å². The maximum atomic E-state index is 11.9. The molecule has 2 aromatic rings. The third-order valence-corrected chi connectivity index (χ3v) is 3.09. The summed E-state index contributed by atoms with van der Waals surface area (Å²) in [4.78, 5) is 11.9. The summed E-state index contributed by atoms with van der Waals surface area (Å²) >= 11 is 0. The summed E-state index contributed by atoms with van der Waals surface area (Å²) < 4.78 is 5.46. The van der Waals surface area contributed by atoms with Gasteiger partial charge in [0.25, 0.3) is 0 Å². The zero-order valence-electron chi connectivity index (χ0n) is 11.3. The summed E-state index contributed by atoms with van der Waals surface area (Å²) in [6.07, 6.45) is 1.11. The highest BCUT2D eigenvalue weighted by Gasteiger charge is 2.09. The van der Waals surface area contributed by atoms with Gasteiger partial charge in [-0.15, -0.1) is 0 Å². The Balaban J connectivity index is 1.95. The van der Waals surface area contributed by atoms with Crippen molar-refractivity contribution in [3.63, 3.8) is 0 Å². The van der Waals surface area contributed by atoms with E-state index >= 15 is 0 Å². The van der Waals surface area contributed by atoms with Gasteiger partial charge in [-0.1, -0.05) is 48.5 Å². The largest absolute Gasteiger partial charge is 0.426 e. The summed E-state index contributed by atoms with van der Waals surface area (Å²) in [5.41, 5.74) is 3.14. The predicted octanol–water partition coefficient (Wildman–Crippen LogP) is 3.84. The van der Waals surface area contributed by atoms with E-state index in [4.69, 9.17) is 4.74 Å². The standard InChI is InChI=1S/C17H18O2/c1-13-7-6-8-14(2)17(13)19-16(18)12-11-15-9-4-3-5-10-15/h3-10H,11-12H2,1-2H3. The molecule has 0 bridgehead atoms. The van der Waals surface area contributed by atoms with Crippen LogP contribution in [-0.4, -0.2) is 5.97 Å². The average molecular weight is 254 g/mol. The Bertz CT molecular complexity index is 538. The van der Waals surface area contributed by atoms with Crippen LogP contribution in [0.2, 0.25) is 0 Å². The van der Waals surface area contributed by atoms with Gasteiger partial charge in [-0.3, -0.25) is 4.79 Å². The number of para-hydroxylation sites is 1. The lowest BCUT2D eigenvalue weighted by Gasteiger charge is -2.10. The molecule has 0 saturated carbocycles. The molecule has 2 rings (SSSR count). The predicted molar refractivity (Wildman–Crippen MR) is 76.3 cm³/mol. The first-order valence-electron chi connectivity index (χ1n) is 6.47. The molecule has 0 unspecified atom stereocenters. The minimum Gasteiger partial charge on any atom is -0.426 e. The maximum absolute atomic E-state index is 11.9. The van der Waals surface area contributed by atoms with Crippen LogP contribution in [0.5, 0.6) is 5.75 Å². The van der Waals surface area contributed by atoms with Crippen molar-refractivity contribution < 1.29 is 9.53 Å². The number of hydrogen-bond acceptors (Lipinski definition) is 2. The third-order valence-electron chi connectivity index (χ3n) is 3.09. The number of hydrogen-bond donors (Lipinski definition) is 0. The fourth-order valence-electron chi connectivity index (χ4n) is 2.02. The highest BCUT2D eigenvalue weighted by Crippen LogP contribution is 2.22. The molecule has 2 aromatic carbocycles. The molecule has 0 amide bonds. The van der Waals surface area contributed by atoms with Gasteiger partial charge in [-0.25, -0.2) is 0 Å². The molecule has 0 fully saturated rings. The van der Waals surface area contributed by atoms with Crippen molar-refractivity contribution in [1.29, 1.82) is 0 Å². The SMILES string of the molecule is Cc1cccc(C)c1OC(=O)CCc1ccccc1. The molecule has 0 N–H and O–H groups in total. The minimum atomic E-state index is -0.179. The lowest BCUT2D eigenvalue weighted by molar-refractivity contribution is -0.134. The van der Waals surface area contributed by atoms with E-state index in [9.17, 15) is 4.79 Å². The molecular weight excluding hydrogens is 236 g/mol. The molecule has 98 valence electrons. The molecule has 19 heavy (non-hydrogen) atoms. The smallest absolute Gasteiger partial charge is 0.311 e. The van der Waals surface area contributed by atoms with Crippen molar-refractivity contribution in [1.82, 2.24) is 0 Å². The molecule has 0 radical (unpaired) electrons. The van der Waals surface area contributed by atoms with Crippen LogP contribution >= 0.6 is 0 Å². The Hall–Kier alpha value is -2.09. The first-order valence-corrected chi connectivity index (χ1v) is 6.47. The molecule has 0 aliphatic rings. The maximum Gasteiger partial charge on any atom is 0.311 e. The average Bonchev–Trinajstić information content (AvgIpc) is 2.42. The van der Waals surface area contributed by atoms with E-state index in [0.29, 0.717) is 18.6 Å². The molecule has 0 saturated heterocycles. The number of carbonyl (C=O) groups excluding carboxylic acids is 1. The molecule has 0 aliphatic carbocycles. The summed E-state index contributed by atoms with van der Waals surface area (Å²) in [7, 11) is 0. The lowest BCUT2D eigenvalue weighted by atomic mass is 10.1. The number of aryl methyl sites for hydroxylation is 3. The fourth-order valence-corrected chi connectivity index (χ4v) is 2.02. The van der Waals surface area contributed by atoms with Crippen molar-refractivity contribution in [2.45, 2.75) is 26.7 Å². The van der Waals surface area contributed by atoms with Crippen LogP contribution in [0.15, 0.2) is 48.5 Å². The topological polar surface area (TPSA) is 26.3 Å². The van der Waals surface area contributed by atoms with Crippen LogP contribution in [0, 0.1) is 13.8 Å². The van der Waals surface area contributed by atoms with E-state index in [0.717, 1.165) is 16.7 Å². The van der Waals surface area contributed by atoms with Gasteiger partial charge in [0.2, 0.25) is 0 Å². The minimum absolute atomic E-state index is 0.179. The van der Waals surface area contributed by atoms with Gasteiger partial charge >= 0.3 is 5.97 Å². The summed E-state index contributed by atoms with van der Waals surface area (Å²) in [6.45, 7) is 3.90. The van der Waals surface area contributed by atoms with Crippen molar-refractivity contribution in [3.8, 4) is 5.75 Å². The van der Waals surface area contributed by atoms with Crippen molar-refractivity contribution >= 4 is 5.97 Å². The first kappa shape index (κ1) is 13.3. The monoisotopic (exact) mass is 254 g/mol. The Kier molecular flexibility index (Phi) is 4.35. The fraction of sp³-hybridized carbons (Fsp3) is 0.235. The molecular formula is C17H18O2. The van der Waals surface area contributed by atoms with E-state index in [-0.39, 0.29) is 5.97 Å². The molecule has 0 aromatic heterocycles. The molecule has 2 heteroatoms. The molecule has 0 spiro atoms. The van der Waals surface area contributed by atoms with Gasteiger partial charge in [0.1, 0.15) is 5.75 Å². The van der Waals surface area contributed by atoms with Crippen LogP contribution in [0.1, 0.15) is 23.1 Å². The van der Waals surface area contributed by atoms with Gasteiger partial charge < -0.3 is 4.74 Å². The van der Waals surface area contributed by atoms with E-state index in [1.54, 1.807) is 0 Å². The second-order valence-electron chi connectivity index (χ2n) is 4.68. The number of rotatable bonds is 4. The van der Waals surface area contributed by atoms with Gasteiger partial charge in [-0.05, 0) is 37.0 Å². The highest BCUT2D eigenvalue weighted by atomic mass is 16.5. The van der Waals surface area contributed by atoms with Gasteiger partial charge in [0.15, 0.2) is 0 Å². The summed E-state index contributed by atoms with van der Waals surface area (Å²) in [5.74, 6) is 0.516. The Morgan fingerprint density at radius 3 is 2.21 bits per heavy atom. The van der Waals surface area contributed by atoms with E-state index in [1.165, 1.54) is 0 Å². The second kappa shape index (κ2) is 6.19. The molecule has 0 aliphatic heterocycles.